The highest BCUT2D eigenvalue weighted by Gasteiger charge is 2.30. The van der Waals surface area contributed by atoms with Crippen LogP contribution in [0.3, 0.4) is 0 Å². The number of unbranched alkanes of at least 4 members (excludes halogenated alkanes) is 25. The largest absolute Gasteiger partial charge is 0.472 e. The molecule has 0 rings (SSSR count). The van der Waals surface area contributed by atoms with Gasteiger partial charge >= 0.3 is 39.5 Å². The molecule has 19 heteroatoms. The van der Waals surface area contributed by atoms with Crippen LogP contribution in [-0.4, -0.2) is 96.7 Å². The Morgan fingerprint density at radius 3 is 0.875 bits per heavy atom. The van der Waals surface area contributed by atoms with Crippen LogP contribution in [0.1, 0.15) is 297 Å². The van der Waals surface area contributed by atoms with Gasteiger partial charge in [0.2, 0.25) is 0 Å². The second-order valence-electron chi connectivity index (χ2n) is 24.5. The van der Waals surface area contributed by atoms with E-state index in [1.807, 2.05) is 0 Å². The molecule has 96 heavy (non-hydrogen) atoms. The molecule has 0 spiro atoms. The summed E-state index contributed by atoms with van der Waals surface area (Å²) in [5.41, 5.74) is 0. The number of rotatable bonds is 69. The summed E-state index contributed by atoms with van der Waals surface area (Å²) in [7, 11) is -9.96. The van der Waals surface area contributed by atoms with Gasteiger partial charge in [0.25, 0.3) is 0 Å². The van der Waals surface area contributed by atoms with Crippen LogP contribution in [0, 0.1) is 0 Å². The van der Waals surface area contributed by atoms with Crippen molar-refractivity contribution in [2.45, 2.75) is 316 Å². The molecular weight excluding hydrogens is 1260 g/mol. The molecule has 552 valence electrons. The van der Waals surface area contributed by atoms with E-state index < -0.39 is 97.5 Å². The van der Waals surface area contributed by atoms with Gasteiger partial charge in [-0.05, 0) is 122 Å². The van der Waals surface area contributed by atoms with Crippen molar-refractivity contribution in [2.24, 2.45) is 0 Å². The Hall–Kier alpha value is -4.28. The van der Waals surface area contributed by atoms with Crippen molar-refractivity contribution in [1.82, 2.24) is 0 Å². The van der Waals surface area contributed by atoms with Crippen molar-refractivity contribution >= 4 is 39.5 Å². The summed E-state index contributed by atoms with van der Waals surface area (Å²) < 4.78 is 68.3. The van der Waals surface area contributed by atoms with Crippen molar-refractivity contribution < 1.29 is 80.2 Å². The van der Waals surface area contributed by atoms with Crippen molar-refractivity contribution in [3.63, 3.8) is 0 Å². The first-order valence-electron chi connectivity index (χ1n) is 37.1. The fourth-order valence-corrected chi connectivity index (χ4v) is 11.2. The van der Waals surface area contributed by atoms with Crippen molar-refractivity contribution in [3.05, 3.63) is 109 Å². The minimum Gasteiger partial charge on any atom is -0.462 e. The average molecular weight is 1390 g/mol. The predicted octanol–water partition coefficient (Wildman–Crippen LogP) is 21.0. The van der Waals surface area contributed by atoms with Gasteiger partial charge in [0.1, 0.15) is 19.3 Å². The molecule has 0 radical (unpaired) electrons. The van der Waals surface area contributed by atoms with E-state index in [2.05, 4.69) is 137 Å². The van der Waals surface area contributed by atoms with Crippen LogP contribution in [-0.2, 0) is 65.4 Å². The van der Waals surface area contributed by atoms with E-state index in [0.717, 1.165) is 180 Å². The summed E-state index contributed by atoms with van der Waals surface area (Å²) >= 11 is 0. The zero-order valence-electron chi connectivity index (χ0n) is 60.0. The summed E-state index contributed by atoms with van der Waals surface area (Å²) in [6.07, 6.45) is 72.3. The van der Waals surface area contributed by atoms with E-state index >= 15 is 0 Å². The number of aliphatic hydroxyl groups is 1. The number of hydrogen-bond donors (Lipinski definition) is 3. The molecule has 0 saturated carbocycles. The Balaban J connectivity index is 5.37. The van der Waals surface area contributed by atoms with Crippen LogP contribution in [0.2, 0.25) is 0 Å². The lowest BCUT2D eigenvalue weighted by atomic mass is 10.1. The third-order valence-electron chi connectivity index (χ3n) is 15.2. The minimum absolute atomic E-state index is 0.0683. The Labute approximate surface area is 581 Å². The predicted molar refractivity (Wildman–Crippen MR) is 390 cm³/mol. The first-order chi connectivity index (χ1) is 46.7. The number of phosphoric acid groups is 2. The van der Waals surface area contributed by atoms with Gasteiger partial charge in [-0.15, -0.1) is 0 Å². The maximum absolute atomic E-state index is 13.1. The van der Waals surface area contributed by atoms with Crippen LogP contribution in [0.4, 0.5) is 0 Å². The summed E-state index contributed by atoms with van der Waals surface area (Å²) in [6, 6.07) is 0. The zero-order chi connectivity index (χ0) is 70.4. The molecule has 0 heterocycles. The molecule has 0 aromatic heterocycles. The number of carbonyl (C=O) groups is 4. The lowest BCUT2D eigenvalue weighted by Crippen LogP contribution is -2.30. The highest BCUT2D eigenvalue weighted by Crippen LogP contribution is 2.45. The molecule has 5 atom stereocenters. The van der Waals surface area contributed by atoms with E-state index in [-0.39, 0.29) is 25.7 Å². The smallest absolute Gasteiger partial charge is 0.462 e. The van der Waals surface area contributed by atoms with Crippen molar-refractivity contribution in [2.75, 3.05) is 39.6 Å². The lowest BCUT2D eigenvalue weighted by molar-refractivity contribution is -0.161. The van der Waals surface area contributed by atoms with E-state index in [0.29, 0.717) is 25.7 Å². The first kappa shape index (κ1) is 91.7. The number of carbonyl (C=O) groups excluding carboxylic acids is 4. The van der Waals surface area contributed by atoms with Crippen LogP contribution in [0.5, 0.6) is 0 Å². The fourth-order valence-electron chi connectivity index (χ4n) is 9.62. The quantitative estimate of drug-likeness (QED) is 0.0169. The highest BCUT2D eigenvalue weighted by molar-refractivity contribution is 7.47. The Kier molecular flexibility index (Phi) is 66.1. The van der Waals surface area contributed by atoms with Crippen LogP contribution >= 0.6 is 15.6 Å². The zero-order valence-corrected chi connectivity index (χ0v) is 61.8. The molecule has 0 aromatic carbocycles. The molecule has 0 amide bonds. The van der Waals surface area contributed by atoms with Crippen molar-refractivity contribution in [3.8, 4) is 0 Å². The first-order valence-corrected chi connectivity index (χ1v) is 40.1. The monoisotopic (exact) mass is 1390 g/mol. The number of hydrogen-bond acceptors (Lipinski definition) is 15. The molecule has 0 fully saturated rings. The fraction of sp³-hybridized carbons (Fsp3) is 0.714. The number of phosphoric ester groups is 2. The molecule has 0 aliphatic heterocycles. The molecule has 0 aliphatic rings. The highest BCUT2D eigenvalue weighted by atomic mass is 31.2. The number of esters is 4. The second-order valence-corrected chi connectivity index (χ2v) is 27.4. The molecule has 0 aromatic rings. The molecule has 0 aliphatic carbocycles. The van der Waals surface area contributed by atoms with Crippen molar-refractivity contribution in [1.29, 1.82) is 0 Å². The molecular formula is C77H132O17P2. The Morgan fingerprint density at radius 2 is 0.562 bits per heavy atom. The number of aliphatic hydroxyl groups excluding tert-OH is 1. The van der Waals surface area contributed by atoms with Crippen LogP contribution in [0.25, 0.3) is 0 Å². The van der Waals surface area contributed by atoms with Gasteiger partial charge in [-0.25, -0.2) is 9.13 Å². The molecule has 3 N–H and O–H groups in total. The maximum atomic E-state index is 13.1. The van der Waals surface area contributed by atoms with Gasteiger partial charge < -0.3 is 33.8 Å². The van der Waals surface area contributed by atoms with Gasteiger partial charge in [-0.3, -0.25) is 37.3 Å². The van der Waals surface area contributed by atoms with Gasteiger partial charge in [0.05, 0.1) is 26.4 Å². The van der Waals surface area contributed by atoms with E-state index in [9.17, 15) is 43.2 Å². The average Bonchev–Trinajstić information content (AvgIpc) is 2.18. The van der Waals surface area contributed by atoms with E-state index in [4.69, 9.17) is 37.0 Å². The van der Waals surface area contributed by atoms with Gasteiger partial charge in [0.15, 0.2) is 12.2 Å². The van der Waals surface area contributed by atoms with E-state index in [1.54, 1.807) is 0 Å². The van der Waals surface area contributed by atoms with Gasteiger partial charge in [0, 0.05) is 25.7 Å². The van der Waals surface area contributed by atoms with E-state index in [1.165, 1.54) is 38.5 Å². The Bertz CT molecular complexity index is 2250. The number of allylic oxidation sites excluding steroid dienone is 18. The molecule has 0 saturated heterocycles. The summed E-state index contributed by atoms with van der Waals surface area (Å²) in [5.74, 6) is -2.23. The molecule has 17 nitrogen and oxygen atoms in total. The minimum atomic E-state index is -4.98. The normalized spacial score (nSPS) is 14.6. The topological polar surface area (TPSA) is 237 Å². The van der Waals surface area contributed by atoms with Crippen LogP contribution < -0.4 is 0 Å². The summed E-state index contributed by atoms with van der Waals surface area (Å²) in [5, 5.41) is 10.6. The number of ether oxygens (including phenoxy) is 4. The summed E-state index contributed by atoms with van der Waals surface area (Å²) in [4.78, 5) is 72.7. The molecule has 5 unspecified atom stereocenters. The lowest BCUT2D eigenvalue weighted by Gasteiger charge is -2.21. The van der Waals surface area contributed by atoms with Gasteiger partial charge in [-0.2, -0.15) is 0 Å². The van der Waals surface area contributed by atoms with Crippen LogP contribution in [0.15, 0.2) is 109 Å². The molecule has 0 bridgehead atoms. The maximum Gasteiger partial charge on any atom is 0.472 e. The second kappa shape index (κ2) is 69.2. The third-order valence-corrected chi connectivity index (χ3v) is 17.1. The van der Waals surface area contributed by atoms with Gasteiger partial charge in [-0.1, -0.05) is 259 Å². The summed E-state index contributed by atoms with van der Waals surface area (Å²) in [6.45, 7) is 4.51. The Morgan fingerprint density at radius 1 is 0.302 bits per heavy atom. The standard InChI is InChI=1S/C77H132O17P2/c1-5-9-13-17-21-25-29-32-34-35-37-39-43-46-50-54-58-62-75(80)88-68-73(94-77(82)64-60-56-52-48-44-40-36-33-30-26-22-18-14-10-6-2)70-92-96(85,86)90-66-71(78)65-89-95(83,84)91-69-72(93-76(81)63-59-55-51-47-41-28-24-20-16-12-8-4)67-87-74(79)61-57-53-49-45-42-38-31-27-23-19-15-11-7-3/h9-10,13-15,19,21-22,25-27,31-34,36-37,39,71-73,78H,5-8,11-12,16-18,20,23-24,28-30,35,38,40-70H2,1-4H3,(H,83,84)(H,85,86)/b13-9-,14-10-,19-15-,25-21-,26-22-,31-27-,34-32-,36-33-,39-37-. The SMILES string of the molecule is CC/C=C\C/C=C\C/C=C\C/C=C\CCCCCCC(=O)OCC(COP(=O)(O)OCC(O)COP(=O)(O)OCC(COC(=O)CCCCCCC/C=C\C/C=C\CCC)OC(=O)CCCCCCCCCCCCC)OC(=O)CCCCCCC/C=C\C/C=C\C/C=C\CC. The third kappa shape index (κ3) is 68.3.